The minimum absolute atomic E-state index is 0.0159. The molecule has 5 nitrogen and oxygen atoms in total. The summed E-state index contributed by atoms with van der Waals surface area (Å²) < 4.78 is 30.4. The zero-order chi connectivity index (χ0) is 12.0. The van der Waals surface area contributed by atoms with Crippen molar-refractivity contribution in [2.45, 2.75) is 32.3 Å². The van der Waals surface area contributed by atoms with Crippen LogP contribution in [0, 0.1) is 0 Å². The maximum absolute atomic E-state index is 11.7. The van der Waals surface area contributed by atoms with E-state index in [1.54, 1.807) is 0 Å². The summed E-state index contributed by atoms with van der Waals surface area (Å²) in [5.74, 6) is -0.187. The van der Waals surface area contributed by atoms with E-state index in [1.165, 1.54) is 4.31 Å². The monoisotopic (exact) mass is 251 g/mol. The third-order valence-corrected chi connectivity index (χ3v) is 4.46. The number of nitrogens with zero attached hydrogens (tertiary/aromatic N) is 1. The zero-order valence-electron chi connectivity index (χ0n) is 9.76. The van der Waals surface area contributed by atoms with Crippen molar-refractivity contribution in [1.29, 1.82) is 0 Å². The van der Waals surface area contributed by atoms with Crippen LogP contribution in [0.3, 0.4) is 0 Å². The summed E-state index contributed by atoms with van der Waals surface area (Å²) in [4.78, 5) is 0. The fraction of sp³-hybridized carbons (Fsp3) is 1.00. The van der Waals surface area contributed by atoms with E-state index in [9.17, 15) is 8.42 Å². The molecule has 0 aromatic carbocycles. The highest BCUT2D eigenvalue weighted by Gasteiger charge is 2.28. The molecule has 0 aliphatic carbocycles. The van der Waals surface area contributed by atoms with Gasteiger partial charge < -0.3 is 9.84 Å². The van der Waals surface area contributed by atoms with E-state index in [0.717, 1.165) is 19.3 Å². The third-order valence-electron chi connectivity index (χ3n) is 2.64. The van der Waals surface area contributed by atoms with Crippen LogP contribution >= 0.6 is 0 Å². The van der Waals surface area contributed by atoms with Crippen molar-refractivity contribution in [3.05, 3.63) is 0 Å². The first-order valence-electron chi connectivity index (χ1n) is 5.80. The van der Waals surface area contributed by atoms with Crippen LogP contribution in [-0.4, -0.2) is 56.0 Å². The van der Waals surface area contributed by atoms with Crippen LogP contribution in [0.15, 0.2) is 0 Å². The molecule has 0 saturated carbocycles. The molecule has 1 rings (SSSR count). The molecule has 1 unspecified atom stereocenters. The Morgan fingerprint density at radius 2 is 2.25 bits per heavy atom. The van der Waals surface area contributed by atoms with Crippen LogP contribution in [-0.2, 0) is 14.8 Å². The molecule has 1 saturated heterocycles. The molecule has 16 heavy (non-hydrogen) atoms. The minimum atomic E-state index is -3.29. The van der Waals surface area contributed by atoms with Gasteiger partial charge in [-0.3, -0.25) is 0 Å². The van der Waals surface area contributed by atoms with E-state index in [0.29, 0.717) is 19.7 Å². The van der Waals surface area contributed by atoms with E-state index in [1.807, 2.05) is 6.92 Å². The molecule has 1 atom stereocenters. The minimum Gasteiger partial charge on any atom is -0.395 e. The largest absolute Gasteiger partial charge is 0.395 e. The summed E-state index contributed by atoms with van der Waals surface area (Å²) in [6, 6.07) is 0. The molecular weight excluding hydrogens is 230 g/mol. The molecule has 1 fully saturated rings. The Kier molecular flexibility index (Phi) is 5.68. The van der Waals surface area contributed by atoms with Crippen LogP contribution in [0.4, 0.5) is 0 Å². The Hall–Kier alpha value is -0.170. The highest BCUT2D eigenvalue weighted by Crippen LogP contribution is 2.16. The molecule has 96 valence electrons. The first-order chi connectivity index (χ1) is 7.60. The standard InChI is InChI=1S/C10H21NO4S/c1-2-7-15-10-4-3-5-11(9-10)16(13,14)8-6-12/h10,12H,2-9H2,1H3. The van der Waals surface area contributed by atoms with Crippen LogP contribution < -0.4 is 0 Å². The van der Waals surface area contributed by atoms with Gasteiger partial charge in [-0.15, -0.1) is 0 Å². The van der Waals surface area contributed by atoms with Gasteiger partial charge in [-0.2, -0.15) is 4.31 Å². The van der Waals surface area contributed by atoms with Crippen LogP contribution in [0.5, 0.6) is 0 Å². The second-order valence-corrected chi connectivity index (χ2v) is 6.12. The summed E-state index contributed by atoms with van der Waals surface area (Å²) in [5, 5.41) is 8.70. The van der Waals surface area contributed by atoms with Gasteiger partial charge in [0.2, 0.25) is 10.0 Å². The average Bonchev–Trinajstić information content (AvgIpc) is 2.27. The lowest BCUT2D eigenvalue weighted by atomic mass is 10.1. The molecule has 0 aromatic rings. The maximum Gasteiger partial charge on any atom is 0.216 e. The van der Waals surface area contributed by atoms with Gasteiger partial charge in [0.1, 0.15) is 0 Å². The number of hydrogen-bond donors (Lipinski definition) is 1. The molecule has 0 bridgehead atoms. The van der Waals surface area contributed by atoms with Gasteiger partial charge in [-0.05, 0) is 19.3 Å². The average molecular weight is 251 g/mol. The summed E-state index contributed by atoms with van der Waals surface area (Å²) >= 11 is 0. The summed E-state index contributed by atoms with van der Waals surface area (Å²) in [6.45, 7) is 3.37. The van der Waals surface area contributed by atoms with Gasteiger partial charge in [0.15, 0.2) is 0 Å². The Morgan fingerprint density at radius 1 is 1.50 bits per heavy atom. The fourth-order valence-corrected chi connectivity index (χ4v) is 3.11. The molecule has 1 aliphatic heterocycles. The van der Waals surface area contributed by atoms with Crippen molar-refractivity contribution >= 4 is 10.0 Å². The quantitative estimate of drug-likeness (QED) is 0.732. The number of aliphatic hydroxyl groups is 1. The Bertz CT molecular complexity index is 291. The molecular formula is C10H21NO4S. The lowest BCUT2D eigenvalue weighted by molar-refractivity contribution is 0.0193. The van der Waals surface area contributed by atoms with Crippen LogP contribution in [0.2, 0.25) is 0 Å². The summed E-state index contributed by atoms with van der Waals surface area (Å²) in [6.07, 6.45) is 2.71. The molecule has 1 heterocycles. The van der Waals surface area contributed by atoms with Crippen LogP contribution in [0.25, 0.3) is 0 Å². The van der Waals surface area contributed by atoms with Crippen molar-refractivity contribution in [3.8, 4) is 0 Å². The number of piperidine rings is 1. The number of ether oxygens (including phenoxy) is 1. The zero-order valence-corrected chi connectivity index (χ0v) is 10.6. The SMILES string of the molecule is CCCOC1CCCN(S(=O)(=O)CCO)C1. The van der Waals surface area contributed by atoms with Crippen molar-refractivity contribution in [2.75, 3.05) is 32.1 Å². The van der Waals surface area contributed by atoms with Gasteiger partial charge in [0.25, 0.3) is 0 Å². The van der Waals surface area contributed by atoms with Crippen molar-refractivity contribution in [1.82, 2.24) is 4.31 Å². The first kappa shape index (κ1) is 13.9. The molecule has 1 aliphatic rings. The molecule has 0 radical (unpaired) electrons. The highest BCUT2D eigenvalue weighted by molar-refractivity contribution is 7.89. The van der Waals surface area contributed by atoms with E-state index in [4.69, 9.17) is 9.84 Å². The molecule has 6 heteroatoms. The first-order valence-corrected chi connectivity index (χ1v) is 7.41. The smallest absolute Gasteiger partial charge is 0.216 e. The molecule has 0 amide bonds. The Morgan fingerprint density at radius 3 is 2.88 bits per heavy atom. The fourth-order valence-electron chi connectivity index (χ4n) is 1.82. The van der Waals surface area contributed by atoms with Crippen LogP contribution in [0.1, 0.15) is 26.2 Å². The van der Waals surface area contributed by atoms with Crippen molar-refractivity contribution in [2.24, 2.45) is 0 Å². The number of aliphatic hydroxyl groups excluding tert-OH is 1. The predicted molar refractivity (Wildman–Crippen MR) is 61.7 cm³/mol. The second kappa shape index (κ2) is 6.54. The number of sulfonamides is 1. The second-order valence-electron chi connectivity index (χ2n) is 4.03. The van der Waals surface area contributed by atoms with E-state index < -0.39 is 10.0 Å². The highest BCUT2D eigenvalue weighted by atomic mass is 32.2. The Labute approximate surface area is 97.4 Å². The predicted octanol–water partition coefficient (Wildman–Crippen LogP) is 0.200. The summed E-state index contributed by atoms with van der Waals surface area (Å²) in [7, 11) is -3.29. The number of rotatable bonds is 6. The van der Waals surface area contributed by atoms with Gasteiger partial charge in [-0.25, -0.2) is 8.42 Å². The van der Waals surface area contributed by atoms with Gasteiger partial charge in [-0.1, -0.05) is 6.92 Å². The lowest BCUT2D eigenvalue weighted by Crippen LogP contribution is -2.44. The van der Waals surface area contributed by atoms with Gasteiger partial charge in [0.05, 0.1) is 18.5 Å². The third kappa shape index (κ3) is 4.01. The Balaban J connectivity index is 2.49. The van der Waals surface area contributed by atoms with E-state index >= 15 is 0 Å². The van der Waals surface area contributed by atoms with Crippen molar-refractivity contribution in [3.63, 3.8) is 0 Å². The summed E-state index contributed by atoms with van der Waals surface area (Å²) in [5.41, 5.74) is 0. The van der Waals surface area contributed by atoms with Gasteiger partial charge >= 0.3 is 0 Å². The van der Waals surface area contributed by atoms with Gasteiger partial charge in [0, 0.05) is 19.7 Å². The molecule has 0 spiro atoms. The maximum atomic E-state index is 11.7. The molecule has 0 aromatic heterocycles. The number of hydrogen-bond acceptors (Lipinski definition) is 4. The van der Waals surface area contributed by atoms with E-state index in [-0.39, 0.29) is 18.5 Å². The van der Waals surface area contributed by atoms with Crippen molar-refractivity contribution < 1.29 is 18.3 Å². The topological polar surface area (TPSA) is 66.8 Å². The molecule has 1 N–H and O–H groups in total. The normalized spacial score (nSPS) is 23.5. The van der Waals surface area contributed by atoms with E-state index in [2.05, 4.69) is 0 Å². The lowest BCUT2D eigenvalue weighted by Gasteiger charge is -2.31.